The molecule has 0 aromatic heterocycles. The van der Waals surface area contributed by atoms with Crippen molar-refractivity contribution in [2.45, 2.75) is 38.3 Å². The molecule has 19 heavy (non-hydrogen) atoms. The molecule has 104 valence electrons. The molecule has 0 bridgehead atoms. The van der Waals surface area contributed by atoms with Crippen LogP contribution in [0.1, 0.15) is 25.8 Å². The van der Waals surface area contributed by atoms with Gasteiger partial charge in [0.1, 0.15) is 0 Å². The highest BCUT2D eigenvalue weighted by atomic mass is 16.5. The Kier molecular flexibility index (Phi) is 3.27. The van der Waals surface area contributed by atoms with Crippen LogP contribution in [0.5, 0.6) is 0 Å². The molecular weight excluding hydrogens is 236 g/mol. The molecule has 0 amide bonds. The topological polar surface area (TPSA) is 38.5 Å². The van der Waals surface area contributed by atoms with E-state index in [0.717, 1.165) is 19.6 Å². The van der Waals surface area contributed by atoms with Crippen LogP contribution in [-0.4, -0.2) is 31.3 Å². The summed E-state index contributed by atoms with van der Waals surface area (Å²) >= 11 is 0. The van der Waals surface area contributed by atoms with Crippen LogP contribution in [0.25, 0.3) is 0 Å². The number of ether oxygens (including phenoxy) is 1. The molecular formula is C16H24N2O. The van der Waals surface area contributed by atoms with E-state index in [-0.39, 0.29) is 11.6 Å². The third-order valence-electron chi connectivity index (χ3n) is 4.90. The van der Waals surface area contributed by atoms with Crippen molar-refractivity contribution in [2.75, 3.05) is 24.6 Å². The molecule has 3 atom stereocenters. The van der Waals surface area contributed by atoms with E-state index in [1.54, 1.807) is 0 Å². The van der Waals surface area contributed by atoms with Gasteiger partial charge in [0.15, 0.2) is 0 Å². The first kappa shape index (κ1) is 12.9. The first-order valence-electron chi connectivity index (χ1n) is 7.34. The lowest BCUT2D eigenvalue weighted by molar-refractivity contribution is 0.0932. The number of hydrogen-bond donors (Lipinski definition) is 1. The molecule has 0 radical (unpaired) electrons. The van der Waals surface area contributed by atoms with Crippen molar-refractivity contribution in [1.82, 2.24) is 0 Å². The van der Waals surface area contributed by atoms with E-state index in [1.165, 1.54) is 17.7 Å². The minimum atomic E-state index is -0.0230. The van der Waals surface area contributed by atoms with Crippen LogP contribution >= 0.6 is 0 Å². The summed E-state index contributed by atoms with van der Waals surface area (Å²) in [7, 11) is 0. The summed E-state index contributed by atoms with van der Waals surface area (Å²) < 4.78 is 5.84. The molecule has 2 aliphatic rings. The summed E-state index contributed by atoms with van der Waals surface area (Å²) in [6.45, 7) is 7.07. The summed E-state index contributed by atoms with van der Waals surface area (Å²) in [5.41, 5.74) is 8.96. The normalized spacial score (nSPS) is 34.4. The molecule has 2 N–H and O–H groups in total. The first-order valence-corrected chi connectivity index (χ1v) is 7.34. The van der Waals surface area contributed by atoms with Crippen LogP contribution in [0.2, 0.25) is 0 Å². The second kappa shape index (κ2) is 4.80. The van der Waals surface area contributed by atoms with Crippen LogP contribution in [0.15, 0.2) is 24.3 Å². The monoisotopic (exact) mass is 260 g/mol. The fraction of sp³-hybridized carbons (Fsp3) is 0.625. The Labute approximate surface area is 115 Å². The molecule has 1 aromatic rings. The van der Waals surface area contributed by atoms with Crippen molar-refractivity contribution in [3.8, 4) is 0 Å². The lowest BCUT2D eigenvalue weighted by atomic mass is 9.84. The van der Waals surface area contributed by atoms with Crippen molar-refractivity contribution in [3.05, 3.63) is 29.8 Å². The zero-order chi connectivity index (χ0) is 13.5. The predicted octanol–water partition coefficient (Wildman–Crippen LogP) is 2.19. The minimum absolute atomic E-state index is 0.0230. The molecule has 1 saturated heterocycles. The van der Waals surface area contributed by atoms with Gasteiger partial charge in [-0.1, -0.05) is 25.1 Å². The second-order valence-electron chi connectivity index (χ2n) is 6.12. The predicted molar refractivity (Wildman–Crippen MR) is 78.5 cm³/mol. The van der Waals surface area contributed by atoms with Gasteiger partial charge in [0.2, 0.25) is 0 Å². The maximum Gasteiger partial charge on any atom is 0.0804 e. The molecule has 0 spiro atoms. The summed E-state index contributed by atoms with van der Waals surface area (Å²) in [5, 5.41) is 0. The molecule has 0 saturated carbocycles. The molecule has 3 unspecified atom stereocenters. The van der Waals surface area contributed by atoms with E-state index < -0.39 is 0 Å². The summed E-state index contributed by atoms with van der Waals surface area (Å²) in [4.78, 5) is 2.54. The van der Waals surface area contributed by atoms with E-state index >= 15 is 0 Å². The summed E-state index contributed by atoms with van der Waals surface area (Å²) in [5.74, 6) is 0.672. The van der Waals surface area contributed by atoms with Gasteiger partial charge in [-0.25, -0.2) is 0 Å². The number of hydrogen-bond acceptors (Lipinski definition) is 3. The average molecular weight is 260 g/mol. The summed E-state index contributed by atoms with van der Waals surface area (Å²) in [6.07, 6.45) is 2.41. The third-order valence-corrected chi connectivity index (χ3v) is 4.90. The summed E-state index contributed by atoms with van der Waals surface area (Å²) in [6, 6.07) is 8.76. The number of rotatable bonds is 2. The number of para-hydroxylation sites is 1. The van der Waals surface area contributed by atoms with Crippen molar-refractivity contribution in [2.24, 2.45) is 11.7 Å². The number of anilines is 1. The lowest BCUT2D eigenvalue weighted by Crippen LogP contribution is -2.60. The quantitative estimate of drug-likeness (QED) is 0.886. The van der Waals surface area contributed by atoms with Gasteiger partial charge in [0.25, 0.3) is 0 Å². The zero-order valence-corrected chi connectivity index (χ0v) is 11.9. The SMILES string of the molecule is CC1Cc2ccccc2N(C2(CN)CCOC2C)C1. The highest BCUT2D eigenvalue weighted by Gasteiger charge is 2.47. The molecule has 2 aliphatic heterocycles. The van der Waals surface area contributed by atoms with Gasteiger partial charge in [0.05, 0.1) is 11.6 Å². The smallest absolute Gasteiger partial charge is 0.0804 e. The lowest BCUT2D eigenvalue weighted by Gasteiger charge is -2.48. The van der Waals surface area contributed by atoms with Gasteiger partial charge in [0, 0.05) is 25.4 Å². The van der Waals surface area contributed by atoms with Gasteiger partial charge in [-0.3, -0.25) is 0 Å². The second-order valence-corrected chi connectivity index (χ2v) is 6.12. The molecule has 1 aromatic carbocycles. The number of nitrogens with zero attached hydrogens (tertiary/aromatic N) is 1. The highest BCUT2D eigenvalue weighted by Crippen LogP contribution is 2.40. The Morgan fingerprint density at radius 3 is 2.84 bits per heavy atom. The van der Waals surface area contributed by atoms with Gasteiger partial charge in [-0.15, -0.1) is 0 Å². The number of benzene rings is 1. The molecule has 3 nitrogen and oxygen atoms in total. The van der Waals surface area contributed by atoms with Crippen LogP contribution in [0.4, 0.5) is 5.69 Å². The van der Waals surface area contributed by atoms with Gasteiger partial charge < -0.3 is 15.4 Å². The molecule has 3 rings (SSSR count). The number of nitrogens with two attached hydrogens (primary N) is 1. The van der Waals surface area contributed by atoms with Gasteiger partial charge in [-0.05, 0) is 37.3 Å². The van der Waals surface area contributed by atoms with E-state index in [9.17, 15) is 0 Å². The molecule has 1 fully saturated rings. The van der Waals surface area contributed by atoms with E-state index in [2.05, 4.69) is 43.0 Å². The Bertz CT molecular complexity index is 462. The molecule has 0 aliphatic carbocycles. The van der Waals surface area contributed by atoms with Crippen LogP contribution in [0.3, 0.4) is 0 Å². The van der Waals surface area contributed by atoms with Crippen LogP contribution in [-0.2, 0) is 11.2 Å². The van der Waals surface area contributed by atoms with Crippen molar-refractivity contribution >= 4 is 5.69 Å². The van der Waals surface area contributed by atoms with Crippen LogP contribution < -0.4 is 10.6 Å². The van der Waals surface area contributed by atoms with Crippen molar-refractivity contribution < 1.29 is 4.74 Å². The highest BCUT2D eigenvalue weighted by molar-refractivity contribution is 5.58. The fourth-order valence-corrected chi connectivity index (χ4v) is 3.72. The average Bonchev–Trinajstić information content (AvgIpc) is 2.80. The standard InChI is InChI=1S/C16H24N2O/c1-12-9-14-5-3-4-6-15(14)18(10-12)16(11-17)7-8-19-13(16)2/h3-6,12-13H,7-11,17H2,1-2H3. The first-order chi connectivity index (χ1) is 9.17. The molecule has 2 heterocycles. The van der Waals surface area contributed by atoms with Gasteiger partial charge in [-0.2, -0.15) is 0 Å². The minimum Gasteiger partial charge on any atom is -0.376 e. The Hall–Kier alpha value is -1.06. The fourth-order valence-electron chi connectivity index (χ4n) is 3.72. The Balaban J connectivity index is 2.04. The van der Waals surface area contributed by atoms with Crippen molar-refractivity contribution in [1.29, 1.82) is 0 Å². The Morgan fingerprint density at radius 2 is 2.16 bits per heavy atom. The zero-order valence-electron chi connectivity index (χ0n) is 11.9. The molecule has 3 heteroatoms. The van der Waals surface area contributed by atoms with E-state index in [1.807, 2.05) is 0 Å². The third kappa shape index (κ3) is 1.96. The maximum atomic E-state index is 6.17. The van der Waals surface area contributed by atoms with Gasteiger partial charge >= 0.3 is 0 Å². The van der Waals surface area contributed by atoms with Crippen LogP contribution in [0, 0.1) is 5.92 Å². The Morgan fingerprint density at radius 1 is 1.37 bits per heavy atom. The van der Waals surface area contributed by atoms with Crippen molar-refractivity contribution in [3.63, 3.8) is 0 Å². The largest absolute Gasteiger partial charge is 0.376 e. The van der Waals surface area contributed by atoms with E-state index in [4.69, 9.17) is 10.5 Å². The van der Waals surface area contributed by atoms with E-state index in [0.29, 0.717) is 12.5 Å². The maximum absolute atomic E-state index is 6.17. The number of fused-ring (bicyclic) bond motifs is 1.